The summed E-state index contributed by atoms with van der Waals surface area (Å²) >= 11 is 0. The maximum Gasteiger partial charge on any atom is 0.160 e. The molecule has 11 aromatic rings. The standard InChI is InChI=1S/C51H31N3O/c1-2-12-32(13-3-1)35-14-10-16-37(30-35)48-42-20-5-8-22-45(42)53-51(54-48)34-26-24-33(25-27-34)36-15-11-17-38(31-36)49-43-29-28-40-39-18-6-9-23-46(39)55-50(40)47(43)41-19-4-7-21-44(41)52-49/h1-31H. The van der Waals surface area contributed by atoms with E-state index >= 15 is 0 Å². The Kier molecular flexibility index (Phi) is 7.14. The van der Waals surface area contributed by atoms with E-state index in [1.807, 2.05) is 30.3 Å². The van der Waals surface area contributed by atoms with Crippen LogP contribution in [0.15, 0.2) is 192 Å². The summed E-state index contributed by atoms with van der Waals surface area (Å²) in [5, 5.41) is 6.50. The average Bonchev–Trinajstić information content (AvgIpc) is 3.65. The molecule has 256 valence electrons. The zero-order chi connectivity index (χ0) is 36.3. The zero-order valence-corrected chi connectivity index (χ0v) is 29.6. The van der Waals surface area contributed by atoms with E-state index in [1.54, 1.807) is 0 Å². The summed E-state index contributed by atoms with van der Waals surface area (Å²) in [6, 6.07) is 65.5. The maximum absolute atomic E-state index is 6.55. The number of nitrogens with zero attached hydrogens (tertiary/aromatic N) is 3. The van der Waals surface area contributed by atoms with Crippen LogP contribution in [0, 0.1) is 0 Å². The largest absolute Gasteiger partial charge is 0.455 e. The van der Waals surface area contributed by atoms with E-state index in [9.17, 15) is 0 Å². The van der Waals surface area contributed by atoms with Gasteiger partial charge in [0.25, 0.3) is 0 Å². The van der Waals surface area contributed by atoms with Gasteiger partial charge in [0.1, 0.15) is 11.2 Å². The highest BCUT2D eigenvalue weighted by molar-refractivity contribution is 6.24. The number of benzene rings is 8. The molecule has 0 amide bonds. The first-order valence-electron chi connectivity index (χ1n) is 18.5. The monoisotopic (exact) mass is 701 g/mol. The van der Waals surface area contributed by atoms with Crippen molar-refractivity contribution in [2.75, 3.05) is 0 Å². The number of hydrogen-bond donors (Lipinski definition) is 0. The van der Waals surface area contributed by atoms with Crippen molar-refractivity contribution < 1.29 is 4.42 Å². The summed E-state index contributed by atoms with van der Waals surface area (Å²) in [4.78, 5) is 15.5. The molecule has 0 saturated heterocycles. The Balaban J connectivity index is 0.993. The number of furan rings is 1. The average molecular weight is 702 g/mol. The van der Waals surface area contributed by atoms with Gasteiger partial charge in [-0.05, 0) is 58.7 Å². The number of hydrogen-bond acceptors (Lipinski definition) is 4. The fourth-order valence-electron chi connectivity index (χ4n) is 8.00. The smallest absolute Gasteiger partial charge is 0.160 e. The number of aromatic nitrogens is 3. The maximum atomic E-state index is 6.55. The summed E-state index contributed by atoms with van der Waals surface area (Å²) in [6.07, 6.45) is 0. The lowest BCUT2D eigenvalue weighted by Crippen LogP contribution is -1.95. The minimum Gasteiger partial charge on any atom is -0.455 e. The van der Waals surface area contributed by atoms with Gasteiger partial charge in [0.15, 0.2) is 5.82 Å². The van der Waals surface area contributed by atoms with Gasteiger partial charge in [-0.3, -0.25) is 0 Å². The molecule has 0 fully saturated rings. The van der Waals surface area contributed by atoms with Crippen LogP contribution in [0.3, 0.4) is 0 Å². The van der Waals surface area contributed by atoms with E-state index in [0.29, 0.717) is 5.82 Å². The van der Waals surface area contributed by atoms with Gasteiger partial charge in [0, 0.05) is 49.0 Å². The first-order valence-corrected chi connectivity index (χ1v) is 18.5. The van der Waals surface area contributed by atoms with Gasteiger partial charge < -0.3 is 4.42 Å². The van der Waals surface area contributed by atoms with Crippen LogP contribution in [0.2, 0.25) is 0 Å². The lowest BCUT2D eigenvalue weighted by atomic mass is 9.95. The van der Waals surface area contributed by atoms with Gasteiger partial charge in [-0.15, -0.1) is 0 Å². The first-order chi connectivity index (χ1) is 27.2. The van der Waals surface area contributed by atoms with E-state index in [2.05, 4.69) is 158 Å². The summed E-state index contributed by atoms with van der Waals surface area (Å²) in [6.45, 7) is 0. The third kappa shape index (κ3) is 5.26. The van der Waals surface area contributed by atoms with Gasteiger partial charge in [0.05, 0.1) is 22.4 Å². The Labute approximate surface area is 317 Å². The third-order valence-corrected chi connectivity index (χ3v) is 10.7. The van der Waals surface area contributed by atoms with Gasteiger partial charge in [0.2, 0.25) is 0 Å². The summed E-state index contributed by atoms with van der Waals surface area (Å²) in [5.74, 6) is 0.697. The second-order valence-electron chi connectivity index (χ2n) is 14.0. The Hall–Kier alpha value is -7.43. The minimum atomic E-state index is 0.697. The topological polar surface area (TPSA) is 51.8 Å². The molecule has 0 bridgehead atoms. The Morgan fingerprint density at radius 2 is 0.836 bits per heavy atom. The van der Waals surface area contributed by atoms with Crippen molar-refractivity contribution in [3.05, 3.63) is 188 Å². The van der Waals surface area contributed by atoms with Crippen LogP contribution in [-0.4, -0.2) is 15.0 Å². The first kappa shape index (κ1) is 31.1. The summed E-state index contributed by atoms with van der Waals surface area (Å²) < 4.78 is 6.55. The van der Waals surface area contributed by atoms with E-state index in [-0.39, 0.29) is 0 Å². The van der Waals surface area contributed by atoms with Crippen LogP contribution < -0.4 is 0 Å². The Morgan fingerprint density at radius 1 is 0.309 bits per heavy atom. The van der Waals surface area contributed by atoms with E-state index in [1.165, 1.54) is 5.56 Å². The summed E-state index contributed by atoms with van der Waals surface area (Å²) in [7, 11) is 0. The van der Waals surface area contributed by atoms with Crippen molar-refractivity contribution >= 4 is 54.5 Å². The highest BCUT2D eigenvalue weighted by Gasteiger charge is 2.18. The van der Waals surface area contributed by atoms with Crippen molar-refractivity contribution in [1.29, 1.82) is 0 Å². The van der Waals surface area contributed by atoms with Crippen molar-refractivity contribution in [2.24, 2.45) is 0 Å². The molecule has 0 radical (unpaired) electrons. The molecule has 11 rings (SSSR count). The SMILES string of the molecule is c1ccc(-c2cccc(-c3nc(-c4ccc(-c5cccc(-c6nc7ccccc7c7c6ccc6c8ccccc8oc67)c5)cc4)nc4ccccc34)c2)cc1. The molecule has 0 saturated carbocycles. The second kappa shape index (κ2) is 12.6. The molecule has 0 aliphatic rings. The lowest BCUT2D eigenvalue weighted by molar-refractivity contribution is 0.673. The molecule has 0 atom stereocenters. The zero-order valence-electron chi connectivity index (χ0n) is 29.6. The molecule has 0 unspecified atom stereocenters. The van der Waals surface area contributed by atoms with Crippen molar-refractivity contribution in [2.45, 2.75) is 0 Å². The molecule has 0 aliphatic heterocycles. The van der Waals surface area contributed by atoms with Crippen molar-refractivity contribution in [3.8, 4) is 56.2 Å². The number of pyridine rings is 1. The van der Waals surface area contributed by atoms with E-state index < -0.39 is 0 Å². The summed E-state index contributed by atoms with van der Waals surface area (Å²) in [5.41, 5.74) is 13.1. The van der Waals surface area contributed by atoms with Crippen LogP contribution in [0.25, 0.3) is 111 Å². The molecule has 8 aromatic carbocycles. The molecular formula is C51H31N3O. The lowest BCUT2D eigenvalue weighted by Gasteiger charge is -2.12. The molecule has 0 spiro atoms. The minimum absolute atomic E-state index is 0.697. The molecule has 4 nitrogen and oxygen atoms in total. The predicted molar refractivity (Wildman–Crippen MR) is 227 cm³/mol. The predicted octanol–water partition coefficient (Wildman–Crippen LogP) is 13.6. The molecule has 55 heavy (non-hydrogen) atoms. The van der Waals surface area contributed by atoms with E-state index in [0.717, 1.165) is 99.3 Å². The highest BCUT2D eigenvalue weighted by Crippen LogP contribution is 2.41. The fourth-order valence-corrected chi connectivity index (χ4v) is 8.00. The van der Waals surface area contributed by atoms with Gasteiger partial charge >= 0.3 is 0 Å². The third-order valence-electron chi connectivity index (χ3n) is 10.7. The van der Waals surface area contributed by atoms with Crippen LogP contribution in [0.5, 0.6) is 0 Å². The molecule has 0 aliphatic carbocycles. The molecule has 3 aromatic heterocycles. The second-order valence-corrected chi connectivity index (χ2v) is 14.0. The molecule has 3 heterocycles. The number of para-hydroxylation sites is 3. The Bertz CT molecular complexity index is 3260. The van der Waals surface area contributed by atoms with Gasteiger partial charge in [-0.25, -0.2) is 15.0 Å². The molecule has 0 N–H and O–H groups in total. The quantitative estimate of drug-likeness (QED) is 0.168. The van der Waals surface area contributed by atoms with Crippen LogP contribution >= 0.6 is 0 Å². The van der Waals surface area contributed by atoms with Crippen LogP contribution in [0.4, 0.5) is 0 Å². The van der Waals surface area contributed by atoms with Crippen LogP contribution in [0.1, 0.15) is 0 Å². The van der Waals surface area contributed by atoms with Crippen molar-refractivity contribution in [1.82, 2.24) is 15.0 Å². The number of rotatable bonds is 5. The fraction of sp³-hybridized carbons (Fsp3) is 0. The van der Waals surface area contributed by atoms with Gasteiger partial charge in [-0.2, -0.15) is 0 Å². The van der Waals surface area contributed by atoms with Crippen molar-refractivity contribution in [3.63, 3.8) is 0 Å². The Morgan fingerprint density at radius 3 is 1.58 bits per heavy atom. The van der Waals surface area contributed by atoms with Crippen LogP contribution in [-0.2, 0) is 0 Å². The van der Waals surface area contributed by atoms with E-state index in [4.69, 9.17) is 19.4 Å². The van der Waals surface area contributed by atoms with Gasteiger partial charge in [-0.1, -0.05) is 152 Å². The molecule has 4 heteroatoms. The highest BCUT2D eigenvalue weighted by atomic mass is 16.3. The normalized spacial score (nSPS) is 11.6. The molecular weight excluding hydrogens is 671 g/mol. The number of fused-ring (bicyclic) bond motifs is 8.